The first-order chi connectivity index (χ1) is 9.56. The van der Waals surface area contributed by atoms with Gasteiger partial charge < -0.3 is 15.0 Å². The van der Waals surface area contributed by atoms with Crippen LogP contribution in [0.15, 0.2) is 41.3 Å². The van der Waals surface area contributed by atoms with Gasteiger partial charge in [-0.05, 0) is 18.2 Å². The summed E-state index contributed by atoms with van der Waals surface area (Å²) in [6.07, 6.45) is 0.751. The molecule has 7 heteroatoms. The minimum atomic E-state index is -0.838. The zero-order valence-electron chi connectivity index (χ0n) is 10.5. The number of aromatic nitrogens is 1. The molecule has 1 unspecified atom stereocenters. The van der Waals surface area contributed by atoms with Crippen molar-refractivity contribution in [3.63, 3.8) is 0 Å². The Morgan fingerprint density at radius 3 is 2.85 bits per heavy atom. The zero-order chi connectivity index (χ0) is 14.5. The van der Waals surface area contributed by atoms with Crippen LogP contribution in [0.5, 0.6) is 0 Å². The Hall–Kier alpha value is -1.63. The minimum Gasteiger partial charge on any atom is -0.389 e. The molecule has 2 heterocycles. The molecular formula is C13H13ClN2O3S. The summed E-state index contributed by atoms with van der Waals surface area (Å²) in [4.78, 5) is 23.7. The second-order valence-corrected chi connectivity index (χ2v) is 5.87. The number of nitrogens with zero attached hydrogens (tertiary/aromatic N) is 1. The summed E-state index contributed by atoms with van der Waals surface area (Å²) in [5.74, 6) is -0.290. The molecule has 2 aromatic heterocycles. The first kappa shape index (κ1) is 14.8. The van der Waals surface area contributed by atoms with Crippen molar-refractivity contribution in [3.8, 4) is 0 Å². The van der Waals surface area contributed by atoms with Crippen LogP contribution in [0.2, 0.25) is 4.34 Å². The number of hydrogen-bond donors (Lipinski definition) is 2. The van der Waals surface area contributed by atoms with E-state index in [1.54, 1.807) is 30.5 Å². The number of amides is 1. The summed E-state index contributed by atoms with van der Waals surface area (Å²) in [5, 5.41) is 12.4. The molecule has 0 aliphatic rings. The predicted octanol–water partition coefficient (Wildman–Crippen LogP) is 1.35. The van der Waals surface area contributed by atoms with Gasteiger partial charge >= 0.3 is 0 Å². The van der Waals surface area contributed by atoms with E-state index < -0.39 is 6.10 Å². The highest BCUT2D eigenvalue weighted by molar-refractivity contribution is 7.17. The first-order valence-corrected chi connectivity index (χ1v) is 7.13. The van der Waals surface area contributed by atoms with Gasteiger partial charge in [-0.15, -0.1) is 11.3 Å². The molecule has 0 spiro atoms. The highest BCUT2D eigenvalue weighted by Crippen LogP contribution is 2.20. The van der Waals surface area contributed by atoms with Crippen molar-refractivity contribution in [1.82, 2.24) is 9.88 Å². The normalized spacial score (nSPS) is 12.1. The molecule has 1 amide bonds. The maximum Gasteiger partial charge on any atom is 0.261 e. The van der Waals surface area contributed by atoms with Crippen molar-refractivity contribution in [2.45, 2.75) is 12.6 Å². The standard InChI is InChI=1S/C13H13ClN2O3S/c14-11-5-4-10(20-11)13(19)15-7-9(17)8-16-6-2-1-3-12(16)18/h1-6,9,17H,7-8H2,(H,15,19). The Balaban J connectivity index is 1.86. The third-order valence-electron chi connectivity index (χ3n) is 2.60. The van der Waals surface area contributed by atoms with Crippen molar-refractivity contribution in [1.29, 1.82) is 0 Å². The summed E-state index contributed by atoms with van der Waals surface area (Å²) in [5.41, 5.74) is -0.192. The number of aliphatic hydroxyl groups is 1. The number of pyridine rings is 1. The maximum absolute atomic E-state index is 11.7. The minimum absolute atomic E-state index is 0.0652. The molecular weight excluding hydrogens is 300 g/mol. The fourth-order valence-corrected chi connectivity index (χ4v) is 2.60. The molecule has 2 N–H and O–H groups in total. The predicted molar refractivity (Wildman–Crippen MR) is 78.4 cm³/mol. The van der Waals surface area contributed by atoms with Crippen molar-refractivity contribution in [2.75, 3.05) is 6.54 Å². The summed E-state index contributed by atoms with van der Waals surface area (Å²) in [6, 6.07) is 8.02. The summed E-state index contributed by atoms with van der Waals surface area (Å²) in [7, 11) is 0. The van der Waals surface area contributed by atoms with Gasteiger partial charge in [-0.2, -0.15) is 0 Å². The van der Waals surface area contributed by atoms with Crippen LogP contribution in [0.25, 0.3) is 0 Å². The average molecular weight is 313 g/mol. The van der Waals surface area contributed by atoms with Crippen molar-refractivity contribution >= 4 is 28.8 Å². The van der Waals surface area contributed by atoms with Gasteiger partial charge in [0.05, 0.1) is 21.9 Å². The third kappa shape index (κ3) is 3.93. The summed E-state index contributed by atoms with van der Waals surface area (Å²) < 4.78 is 1.92. The van der Waals surface area contributed by atoms with Crippen LogP contribution in [0.4, 0.5) is 0 Å². The Labute approximate surface area is 124 Å². The molecule has 2 rings (SSSR count). The fourth-order valence-electron chi connectivity index (χ4n) is 1.64. The SMILES string of the molecule is O=C(NCC(O)Cn1ccccc1=O)c1ccc(Cl)s1. The molecule has 20 heavy (non-hydrogen) atoms. The van der Waals surface area contributed by atoms with Gasteiger partial charge in [-0.3, -0.25) is 9.59 Å². The van der Waals surface area contributed by atoms with E-state index in [9.17, 15) is 14.7 Å². The average Bonchev–Trinajstić information content (AvgIpc) is 2.85. The van der Waals surface area contributed by atoms with Crippen LogP contribution in [0.3, 0.4) is 0 Å². The van der Waals surface area contributed by atoms with E-state index in [4.69, 9.17) is 11.6 Å². The fraction of sp³-hybridized carbons (Fsp3) is 0.231. The second kappa shape index (κ2) is 6.69. The van der Waals surface area contributed by atoms with Gasteiger partial charge in [-0.25, -0.2) is 0 Å². The summed E-state index contributed by atoms with van der Waals surface area (Å²) in [6.45, 7) is 0.195. The number of halogens is 1. The topological polar surface area (TPSA) is 71.3 Å². The van der Waals surface area contributed by atoms with Crippen LogP contribution in [-0.2, 0) is 6.54 Å². The number of nitrogens with one attached hydrogen (secondary N) is 1. The lowest BCUT2D eigenvalue weighted by molar-refractivity contribution is 0.0907. The smallest absolute Gasteiger partial charge is 0.261 e. The lowest BCUT2D eigenvalue weighted by atomic mass is 10.3. The molecule has 0 aromatic carbocycles. The van der Waals surface area contributed by atoms with E-state index in [0.717, 1.165) is 0 Å². The van der Waals surface area contributed by atoms with E-state index in [1.165, 1.54) is 22.0 Å². The zero-order valence-corrected chi connectivity index (χ0v) is 12.0. The quantitative estimate of drug-likeness (QED) is 0.875. The molecule has 0 aliphatic heterocycles. The largest absolute Gasteiger partial charge is 0.389 e. The van der Waals surface area contributed by atoms with Gasteiger partial charge in [0, 0.05) is 18.8 Å². The molecule has 0 saturated heterocycles. The Bertz CT molecular complexity index is 653. The number of carbonyl (C=O) groups is 1. The lowest BCUT2D eigenvalue weighted by Gasteiger charge is -2.13. The maximum atomic E-state index is 11.7. The second-order valence-electron chi connectivity index (χ2n) is 4.16. The van der Waals surface area contributed by atoms with Crippen LogP contribution >= 0.6 is 22.9 Å². The first-order valence-electron chi connectivity index (χ1n) is 5.93. The number of thiophene rings is 1. The van der Waals surface area contributed by atoms with Crippen molar-refractivity contribution in [2.24, 2.45) is 0 Å². The van der Waals surface area contributed by atoms with Crippen molar-refractivity contribution in [3.05, 3.63) is 56.1 Å². The van der Waals surface area contributed by atoms with E-state index in [0.29, 0.717) is 9.21 Å². The summed E-state index contributed by atoms with van der Waals surface area (Å²) >= 11 is 6.91. The lowest BCUT2D eigenvalue weighted by Crippen LogP contribution is -2.36. The van der Waals surface area contributed by atoms with Crippen LogP contribution in [0, 0.1) is 0 Å². The highest BCUT2D eigenvalue weighted by atomic mass is 35.5. The highest BCUT2D eigenvalue weighted by Gasteiger charge is 2.11. The van der Waals surface area contributed by atoms with Gasteiger partial charge in [-0.1, -0.05) is 17.7 Å². The Morgan fingerprint density at radius 1 is 1.40 bits per heavy atom. The number of carbonyl (C=O) groups excluding carboxylic acids is 1. The van der Waals surface area contributed by atoms with E-state index in [1.807, 2.05) is 0 Å². The van der Waals surface area contributed by atoms with Gasteiger partial charge in [0.2, 0.25) is 0 Å². The van der Waals surface area contributed by atoms with Gasteiger partial charge in [0.15, 0.2) is 0 Å². The van der Waals surface area contributed by atoms with E-state index >= 15 is 0 Å². The van der Waals surface area contributed by atoms with Gasteiger partial charge in [0.1, 0.15) is 0 Å². The molecule has 0 radical (unpaired) electrons. The van der Waals surface area contributed by atoms with E-state index in [-0.39, 0.29) is 24.6 Å². The molecule has 0 aliphatic carbocycles. The van der Waals surface area contributed by atoms with E-state index in [2.05, 4.69) is 5.32 Å². The van der Waals surface area contributed by atoms with Crippen LogP contribution < -0.4 is 10.9 Å². The Kier molecular flexibility index (Phi) is 4.94. The third-order valence-corrected chi connectivity index (χ3v) is 3.83. The number of aliphatic hydroxyl groups excluding tert-OH is 1. The monoisotopic (exact) mass is 312 g/mol. The molecule has 0 bridgehead atoms. The molecule has 106 valence electrons. The molecule has 0 saturated carbocycles. The van der Waals surface area contributed by atoms with Crippen LogP contribution in [-0.4, -0.2) is 28.2 Å². The molecule has 1 atom stereocenters. The van der Waals surface area contributed by atoms with Gasteiger partial charge in [0.25, 0.3) is 11.5 Å². The molecule has 0 fully saturated rings. The Morgan fingerprint density at radius 2 is 2.20 bits per heavy atom. The number of hydrogen-bond acceptors (Lipinski definition) is 4. The number of rotatable bonds is 5. The van der Waals surface area contributed by atoms with Crippen LogP contribution in [0.1, 0.15) is 9.67 Å². The van der Waals surface area contributed by atoms with Crippen molar-refractivity contribution < 1.29 is 9.90 Å². The molecule has 5 nitrogen and oxygen atoms in total. The molecule has 2 aromatic rings.